The third-order valence-corrected chi connectivity index (χ3v) is 3.79. The van der Waals surface area contributed by atoms with E-state index in [9.17, 15) is 5.11 Å². The Labute approximate surface area is 133 Å². The molecule has 122 valence electrons. The summed E-state index contributed by atoms with van der Waals surface area (Å²) in [4.78, 5) is 2.26. The molecule has 1 heterocycles. The van der Waals surface area contributed by atoms with Crippen LogP contribution >= 0.6 is 0 Å². The summed E-state index contributed by atoms with van der Waals surface area (Å²) in [5.41, 5.74) is 1.75. The minimum Gasteiger partial charge on any atom is -0.388 e. The van der Waals surface area contributed by atoms with Crippen LogP contribution in [-0.4, -0.2) is 61.5 Å². The van der Waals surface area contributed by atoms with Crippen molar-refractivity contribution in [1.82, 2.24) is 10.2 Å². The third-order valence-electron chi connectivity index (χ3n) is 3.79. The Morgan fingerprint density at radius 1 is 1.32 bits per heavy atom. The van der Waals surface area contributed by atoms with Gasteiger partial charge in [-0.05, 0) is 19.4 Å². The van der Waals surface area contributed by atoms with Gasteiger partial charge in [0.05, 0.1) is 18.8 Å². The monoisotopic (exact) mass is 304 g/mol. The summed E-state index contributed by atoms with van der Waals surface area (Å²) >= 11 is 0. The second kappa shape index (κ2) is 8.44. The molecule has 1 fully saturated rings. The highest BCUT2D eigenvalue weighted by atomic mass is 16.5. The first-order valence-corrected chi connectivity index (χ1v) is 8.01. The molecule has 1 unspecified atom stereocenters. The smallest absolute Gasteiger partial charge is 0.0869 e. The highest BCUT2D eigenvalue weighted by molar-refractivity contribution is 5.52. The fraction of sp³-hybridized carbons (Fsp3) is 0.556. The van der Waals surface area contributed by atoms with Gasteiger partial charge in [0.15, 0.2) is 0 Å². The fourth-order valence-corrected chi connectivity index (χ4v) is 2.71. The Morgan fingerprint density at radius 2 is 2.00 bits per heavy atom. The van der Waals surface area contributed by atoms with E-state index in [0.29, 0.717) is 13.1 Å². The van der Waals surface area contributed by atoms with Crippen molar-refractivity contribution in [3.63, 3.8) is 0 Å². The minimum absolute atomic E-state index is 0.588. The molecule has 1 aromatic carbocycles. The van der Waals surface area contributed by atoms with Gasteiger partial charge in [0.25, 0.3) is 0 Å². The fourth-order valence-electron chi connectivity index (χ4n) is 2.71. The number of aliphatic hydroxyl groups is 1. The van der Waals surface area contributed by atoms with Gasteiger partial charge in [0.1, 0.15) is 0 Å². The van der Waals surface area contributed by atoms with Crippen molar-refractivity contribution in [1.29, 1.82) is 0 Å². The van der Waals surface area contributed by atoms with Gasteiger partial charge < -0.3 is 15.2 Å². The molecule has 0 radical (unpaired) electrons. The van der Waals surface area contributed by atoms with E-state index in [0.717, 1.165) is 32.8 Å². The molecule has 1 atom stereocenters. The first-order chi connectivity index (χ1) is 10.6. The normalized spacial score (nSPS) is 19.9. The van der Waals surface area contributed by atoms with E-state index >= 15 is 0 Å². The molecule has 0 amide bonds. The second-order valence-electron chi connectivity index (χ2n) is 6.39. The van der Waals surface area contributed by atoms with E-state index in [1.807, 2.05) is 25.1 Å². The maximum absolute atomic E-state index is 10.5. The van der Waals surface area contributed by atoms with Crippen LogP contribution in [0.5, 0.6) is 0 Å². The van der Waals surface area contributed by atoms with Gasteiger partial charge in [-0.2, -0.15) is 0 Å². The summed E-state index contributed by atoms with van der Waals surface area (Å²) in [7, 11) is 0. The number of β-amino-alcohol motifs (C(OH)–C–C–N with tert-alkyl or cyclic N) is 1. The lowest BCUT2D eigenvalue weighted by Gasteiger charge is -2.34. The molecule has 4 heteroatoms. The predicted molar refractivity (Wildman–Crippen MR) is 90.8 cm³/mol. The Kier molecular flexibility index (Phi) is 6.58. The molecule has 1 aliphatic rings. The van der Waals surface area contributed by atoms with Crippen molar-refractivity contribution in [2.75, 3.05) is 45.9 Å². The van der Waals surface area contributed by atoms with E-state index in [2.05, 4.69) is 35.3 Å². The molecule has 2 N–H and O–H groups in total. The number of hydrogen-bond donors (Lipinski definition) is 2. The van der Waals surface area contributed by atoms with Gasteiger partial charge in [0.2, 0.25) is 0 Å². The summed E-state index contributed by atoms with van der Waals surface area (Å²) in [5.74, 6) is 0. The van der Waals surface area contributed by atoms with Gasteiger partial charge in [-0.1, -0.05) is 42.0 Å². The average Bonchev–Trinajstić information content (AvgIpc) is 2.48. The second-order valence-corrected chi connectivity index (χ2v) is 6.39. The zero-order valence-corrected chi connectivity index (χ0v) is 13.7. The van der Waals surface area contributed by atoms with Crippen molar-refractivity contribution < 1.29 is 9.84 Å². The van der Waals surface area contributed by atoms with Gasteiger partial charge in [0, 0.05) is 32.7 Å². The largest absolute Gasteiger partial charge is 0.388 e. The SMILES string of the molecule is CC(=Cc1ccccc1)CNCC(C)(O)CN1CCOCC1. The lowest BCUT2D eigenvalue weighted by atomic mass is 10.1. The van der Waals surface area contributed by atoms with Crippen molar-refractivity contribution in [2.45, 2.75) is 19.4 Å². The number of nitrogens with one attached hydrogen (secondary N) is 1. The maximum atomic E-state index is 10.5. The van der Waals surface area contributed by atoms with Crippen LogP contribution in [0.1, 0.15) is 19.4 Å². The zero-order chi connectivity index (χ0) is 15.8. The molecule has 0 aliphatic carbocycles. The molecule has 0 saturated carbocycles. The number of morpholine rings is 1. The van der Waals surface area contributed by atoms with Crippen LogP contribution in [0.25, 0.3) is 6.08 Å². The van der Waals surface area contributed by atoms with Crippen LogP contribution in [0.3, 0.4) is 0 Å². The molecule has 1 aromatic rings. The predicted octanol–water partition coefficient (Wildman–Crippen LogP) is 1.76. The van der Waals surface area contributed by atoms with E-state index < -0.39 is 5.60 Å². The molecule has 1 saturated heterocycles. The standard InChI is InChI=1S/C18H28N2O2/c1-16(12-17-6-4-3-5-7-17)13-19-14-18(2,21)15-20-8-10-22-11-9-20/h3-7,12,19,21H,8-11,13-15H2,1-2H3. The van der Waals surface area contributed by atoms with Gasteiger partial charge in [-0.25, -0.2) is 0 Å². The molecule has 0 spiro atoms. The van der Waals surface area contributed by atoms with Crippen LogP contribution in [0.4, 0.5) is 0 Å². The Bertz CT molecular complexity index is 465. The average molecular weight is 304 g/mol. The van der Waals surface area contributed by atoms with Crippen molar-refractivity contribution >= 4 is 6.08 Å². The molecular formula is C18H28N2O2. The number of benzene rings is 1. The molecule has 0 bridgehead atoms. The first-order valence-electron chi connectivity index (χ1n) is 8.01. The minimum atomic E-state index is -0.718. The summed E-state index contributed by atoms with van der Waals surface area (Å²) in [6, 6.07) is 10.3. The Morgan fingerprint density at radius 3 is 2.68 bits per heavy atom. The zero-order valence-electron chi connectivity index (χ0n) is 13.7. The third kappa shape index (κ3) is 6.28. The van der Waals surface area contributed by atoms with Crippen LogP contribution in [-0.2, 0) is 4.74 Å². The molecule has 22 heavy (non-hydrogen) atoms. The summed E-state index contributed by atoms with van der Waals surface area (Å²) in [6.07, 6.45) is 2.17. The lowest BCUT2D eigenvalue weighted by Crippen LogP contribution is -2.50. The van der Waals surface area contributed by atoms with Crippen LogP contribution < -0.4 is 5.32 Å². The number of nitrogens with zero attached hydrogens (tertiary/aromatic N) is 1. The maximum Gasteiger partial charge on any atom is 0.0869 e. The lowest BCUT2D eigenvalue weighted by molar-refractivity contribution is -0.0214. The summed E-state index contributed by atoms with van der Waals surface area (Å²) in [6.45, 7) is 9.41. The van der Waals surface area contributed by atoms with E-state index in [4.69, 9.17) is 4.74 Å². The first kappa shape index (κ1) is 17.2. The molecule has 2 rings (SSSR count). The van der Waals surface area contributed by atoms with Crippen molar-refractivity contribution in [2.24, 2.45) is 0 Å². The topological polar surface area (TPSA) is 44.7 Å². The molecular weight excluding hydrogens is 276 g/mol. The molecule has 0 aromatic heterocycles. The van der Waals surface area contributed by atoms with Crippen LogP contribution in [0, 0.1) is 0 Å². The van der Waals surface area contributed by atoms with E-state index in [1.54, 1.807) is 0 Å². The number of hydrogen-bond acceptors (Lipinski definition) is 4. The summed E-state index contributed by atoms with van der Waals surface area (Å²) in [5, 5.41) is 13.9. The molecule has 4 nitrogen and oxygen atoms in total. The van der Waals surface area contributed by atoms with Crippen LogP contribution in [0.15, 0.2) is 35.9 Å². The summed E-state index contributed by atoms with van der Waals surface area (Å²) < 4.78 is 5.34. The quantitative estimate of drug-likeness (QED) is 0.806. The van der Waals surface area contributed by atoms with Gasteiger partial charge in [-0.3, -0.25) is 4.90 Å². The Hall–Kier alpha value is -1.20. The van der Waals surface area contributed by atoms with E-state index in [-0.39, 0.29) is 0 Å². The van der Waals surface area contributed by atoms with Crippen molar-refractivity contribution in [3.8, 4) is 0 Å². The van der Waals surface area contributed by atoms with Gasteiger partial charge in [-0.15, -0.1) is 0 Å². The van der Waals surface area contributed by atoms with E-state index in [1.165, 1.54) is 11.1 Å². The number of ether oxygens (including phenoxy) is 1. The highest BCUT2D eigenvalue weighted by Crippen LogP contribution is 2.09. The number of rotatable bonds is 7. The van der Waals surface area contributed by atoms with Crippen molar-refractivity contribution in [3.05, 3.63) is 41.5 Å². The Balaban J connectivity index is 1.73. The van der Waals surface area contributed by atoms with Crippen LogP contribution in [0.2, 0.25) is 0 Å². The van der Waals surface area contributed by atoms with Gasteiger partial charge >= 0.3 is 0 Å². The highest BCUT2D eigenvalue weighted by Gasteiger charge is 2.24. The molecule has 1 aliphatic heterocycles.